The third-order valence-electron chi connectivity index (χ3n) is 4.81. The van der Waals surface area contributed by atoms with Gasteiger partial charge in [-0.15, -0.1) is 0 Å². The normalized spacial score (nSPS) is 10.7. The molecule has 3 aromatic carbocycles. The highest BCUT2D eigenvalue weighted by atomic mass is 79.9. The van der Waals surface area contributed by atoms with Gasteiger partial charge in [-0.25, -0.2) is 14.2 Å². The Morgan fingerprint density at radius 3 is 2.66 bits per heavy atom. The lowest BCUT2D eigenvalue weighted by Gasteiger charge is -2.15. The molecule has 2 N–H and O–H groups in total. The van der Waals surface area contributed by atoms with Crippen LogP contribution >= 0.6 is 28.1 Å². The van der Waals surface area contributed by atoms with Crippen molar-refractivity contribution in [2.24, 2.45) is 0 Å². The van der Waals surface area contributed by atoms with Gasteiger partial charge >= 0.3 is 0 Å². The van der Waals surface area contributed by atoms with Gasteiger partial charge in [0, 0.05) is 15.6 Å². The molecule has 9 heteroatoms. The van der Waals surface area contributed by atoms with Crippen molar-refractivity contribution in [2.45, 2.75) is 13.2 Å². The molecule has 1 aromatic heterocycles. The third-order valence-corrected chi connectivity index (χ3v) is 5.58. The monoisotopic (exact) mass is 514 g/mol. The first-order valence-electron chi connectivity index (χ1n) is 9.76. The van der Waals surface area contributed by atoms with Crippen LogP contribution < -0.4 is 14.9 Å². The molecule has 0 radical (unpaired) electrons. The van der Waals surface area contributed by atoms with Crippen LogP contribution in [0.3, 0.4) is 0 Å². The molecule has 4 aromatic rings. The maximum Gasteiger partial charge on any atom is 0.214 e. The molecule has 32 heavy (non-hydrogen) atoms. The minimum Gasteiger partial charge on any atom is -0.496 e. The lowest BCUT2D eigenvalue weighted by atomic mass is 10.2. The van der Waals surface area contributed by atoms with E-state index in [4.69, 9.17) is 21.7 Å². The van der Waals surface area contributed by atoms with Crippen LogP contribution in [0.1, 0.15) is 11.1 Å². The van der Waals surface area contributed by atoms with Crippen LogP contribution in [0.5, 0.6) is 11.5 Å². The second-order valence-electron chi connectivity index (χ2n) is 6.86. The van der Waals surface area contributed by atoms with E-state index in [9.17, 15) is 4.39 Å². The van der Waals surface area contributed by atoms with Gasteiger partial charge < -0.3 is 14.9 Å². The molecule has 0 aliphatic carbocycles. The van der Waals surface area contributed by atoms with Crippen molar-refractivity contribution in [3.8, 4) is 22.9 Å². The number of nitrogens with zero attached hydrogens (tertiary/aromatic N) is 2. The molecule has 0 aliphatic rings. The Balaban J connectivity index is 1.57. The van der Waals surface area contributed by atoms with E-state index in [1.54, 1.807) is 30.0 Å². The van der Waals surface area contributed by atoms with E-state index in [0.717, 1.165) is 15.6 Å². The van der Waals surface area contributed by atoms with E-state index in [-0.39, 0.29) is 12.4 Å². The van der Waals surface area contributed by atoms with Crippen molar-refractivity contribution in [1.29, 1.82) is 0 Å². The average molecular weight is 515 g/mol. The van der Waals surface area contributed by atoms with Gasteiger partial charge in [0.05, 0.1) is 19.2 Å². The number of benzene rings is 3. The lowest BCUT2D eigenvalue weighted by Crippen LogP contribution is -2.17. The Kier molecular flexibility index (Phi) is 6.87. The Morgan fingerprint density at radius 1 is 1.06 bits per heavy atom. The second-order valence-corrected chi connectivity index (χ2v) is 8.16. The SMILES string of the molecule is COc1ccccc1-c1n[nH]c(=S)n1NCc1cc(Br)ccc1OCc1ccccc1F. The summed E-state index contributed by atoms with van der Waals surface area (Å²) in [6.45, 7) is 0.515. The fourth-order valence-electron chi connectivity index (χ4n) is 3.22. The van der Waals surface area contributed by atoms with Crippen molar-refractivity contribution in [3.05, 3.63) is 92.9 Å². The van der Waals surface area contributed by atoms with Gasteiger partial charge in [0.25, 0.3) is 0 Å². The summed E-state index contributed by atoms with van der Waals surface area (Å²) >= 11 is 8.92. The number of halogens is 2. The van der Waals surface area contributed by atoms with Gasteiger partial charge in [0.1, 0.15) is 23.9 Å². The molecule has 0 bridgehead atoms. The van der Waals surface area contributed by atoms with Gasteiger partial charge in [0.15, 0.2) is 5.82 Å². The van der Waals surface area contributed by atoms with Gasteiger partial charge in [-0.1, -0.05) is 46.3 Å². The molecule has 0 spiro atoms. The summed E-state index contributed by atoms with van der Waals surface area (Å²) in [4.78, 5) is 0. The maximum absolute atomic E-state index is 14.0. The van der Waals surface area contributed by atoms with Gasteiger partial charge in [-0.05, 0) is 48.6 Å². The number of rotatable bonds is 8. The van der Waals surface area contributed by atoms with Crippen molar-refractivity contribution in [3.63, 3.8) is 0 Å². The molecule has 0 saturated carbocycles. The predicted octanol–water partition coefficient (Wildman–Crippen LogP) is 5.84. The fraction of sp³-hybridized carbons (Fsp3) is 0.130. The lowest BCUT2D eigenvalue weighted by molar-refractivity contribution is 0.297. The van der Waals surface area contributed by atoms with Crippen LogP contribution in [0, 0.1) is 10.6 Å². The summed E-state index contributed by atoms with van der Waals surface area (Å²) < 4.78 is 28.4. The summed E-state index contributed by atoms with van der Waals surface area (Å²) in [5, 5.41) is 7.17. The molecule has 0 saturated heterocycles. The molecule has 4 rings (SSSR count). The zero-order chi connectivity index (χ0) is 22.5. The Bertz CT molecular complexity index is 1290. The zero-order valence-electron chi connectivity index (χ0n) is 17.1. The Hall–Kier alpha value is -3.17. The highest BCUT2D eigenvalue weighted by molar-refractivity contribution is 9.10. The number of methoxy groups -OCH3 is 1. The van der Waals surface area contributed by atoms with Crippen LogP contribution in [0.25, 0.3) is 11.4 Å². The molecule has 0 atom stereocenters. The molecule has 6 nitrogen and oxygen atoms in total. The quantitative estimate of drug-likeness (QED) is 0.289. The highest BCUT2D eigenvalue weighted by Gasteiger charge is 2.14. The molecule has 0 aliphatic heterocycles. The van der Waals surface area contributed by atoms with Crippen LogP contribution in [-0.2, 0) is 13.2 Å². The summed E-state index contributed by atoms with van der Waals surface area (Å²) in [6, 6.07) is 19.8. The summed E-state index contributed by atoms with van der Waals surface area (Å²) in [7, 11) is 1.61. The minimum atomic E-state index is -0.296. The molecular weight excluding hydrogens is 495 g/mol. The first-order valence-corrected chi connectivity index (χ1v) is 11.0. The van der Waals surface area contributed by atoms with E-state index in [2.05, 4.69) is 31.6 Å². The van der Waals surface area contributed by atoms with Crippen molar-refractivity contribution >= 4 is 28.1 Å². The molecule has 0 amide bonds. The van der Waals surface area contributed by atoms with E-state index >= 15 is 0 Å². The minimum absolute atomic E-state index is 0.124. The topological polar surface area (TPSA) is 64.1 Å². The van der Waals surface area contributed by atoms with Gasteiger partial charge in [-0.2, -0.15) is 5.10 Å². The average Bonchev–Trinajstić information content (AvgIpc) is 3.18. The van der Waals surface area contributed by atoms with Crippen molar-refractivity contribution in [2.75, 3.05) is 12.5 Å². The van der Waals surface area contributed by atoms with Crippen molar-refractivity contribution < 1.29 is 13.9 Å². The van der Waals surface area contributed by atoms with Crippen LogP contribution in [0.15, 0.2) is 71.2 Å². The van der Waals surface area contributed by atoms with E-state index in [1.165, 1.54) is 6.07 Å². The molecular formula is C23H20BrFN4O2S. The van der Waals surface area contributed by atoms with E-state index < -0.39 is 0 Å². The highest BCUT2D eigenvalue weighted by Crippen LogP contribution is 2.28. The molecule has 164 valence electrons. The number of H-pyrrole nitrogens is 1. The first-order chi connectivity index (χ1) is 15.6. The molecule has 0 unspecified atom stereocenters. The number of hydrogen-bond acceptors (Lipinski definition) is 5. The number of ether oxygens (including phenoxy) is 2. The van der Waals surface area contributed by atoms with Crippen molar-refractivity contribution in [1.82, 2.24) is 14.9 Å². The largest absolute Gasteiger partial charge is 0.496 e. The number of aromatic amines is 1. The first kappa shape index (κ1) is 22.0. The smallest absolute Gasteiger partial charge is 0.214 e. The second kappa shape index (κ2) is 9.97. The standard InChI is InChI=1S/C23H20BrFN4O2S/c1-30-21-9-5-3-7-18(21)22-27-28-23(32)29(22)26-13-16-12-17(24)10-11-20(16)31-14-15-6-2-4-8-19(15)25/h2-12,26H,13-14H2,1H3,(H,28,32). The van der Waals surface area contributed by atoms with Crippen LogP contribution in [0.4, 0.5) is 4.39 Å². The van der Waals surface area contributed by atoms with Crippen LogP contribution in [0.2, 0.25) is 0 Å². The molecule has 0 fully saturated rings. The van der Waals surface area contributed by atoms with E-state index in [1.807, 2.05) is 42.5 Å². The number of nitrogens with one attached hydrogen (secondary N) is 2. The predicted molar refractivity (Wildman–Crippen MR) is 127 cm³/mol. The van der Waals surface area contributed by atoms with E-state index in [0.29, 0.717) is 34.2 Å². The Labute approximate surface area is 198 Å². The fourth-order valence-corrected chi connectivity index (χ4v) is 3.82. The molecule has 1 heterocycles. The summed E-state index contributed by atoms with van der Waals surface area (Å²) in [6.07, 6.45) is 0. The number of para-hydroxylation sites is 1. The van der Waals surface area contributed by atoms with Crippen LogP contribution in [-0.4, -0.2) is 22.0 Å². The number of hydrogen-bond donors (Lipinski definition) is 2. The zero-order valence-corrected chi connectivity index (χ0v) is 19.5. The van der Waals surface area contributed by atoms with Gasteiger partial charge in [-0.3, -0.25) is 0 Å². The summed E-state index contributed by atoms with van der Waals surface area (Å²) in [5.41, 5.74) is 5.44. The Morgan fingerprint density at radius 2 is 1.84 bits per heavy atom. The number of aromatic nitrogens is 3. The maximum atomic E-state index is 14.0. The van der Waals surface area contributed by atoms with Gasteiger partial charge in [0.2, 0.25) is 4.77 Å². The summed E-state index contributed by atoms with van der Waals surface area (Å²) in [5.74, 6) is 1.62. The third kappa shape index (κ3) is 4.84.